The van der Waals surface area contributed by atoms with E-state index in [4.69, 9.17) is 21.4 Å². The van der Waals surface area contributed by atoms with Gasteiger partial charge in [0.2, 0.25) is 0 Å². The summed E-state index contributed by atoms with van der Waals surface area (Å²) in [6, 6.07) is 31.5. The van der Waals surface area contributed by atoms with Gasteiger partial charge in [-0.1, -0.05) is 66.2 Å². The normalized spacial score (nSPS) is 15.0. The van der Waals surface area contributed by atoms with Crippen molar-refractivity contribution in [3.05, 3.63) is 137 Å². The van der Waals surface area contributed by atoms with Gasteiger partial charge in [0.15, 0.2) is 0 Å². The number of anilines is 2. The summed E-state index contributed by atoms with van der Waals surface area (Å²) in [6.45, 7) is 1.15. The van der Waals surface area contributed by atoms with Crippen LogP contribution in [0.3, 0.4) is 0 Å². The Labute approximate surface area is 396 Å². The molecule has 5 aromatic carbocycles. The number of carbonyl (C=O) groups is 1. The third kappa shape index (κ3) is 14.1. The predicted molar refractivity (Wildman–Crippen MR) is 252 cm³/mol. The predicted octanol–water partition coefficient (Wildman–Crippen LogP) is 8.37. The second-order valence-corrected chi connectivity index (χ2v) is 22.2. The number of nitrogens with zero attached hydrogens (tertiary/aromatic N) is 2. The van der Waals surface area contributed by atoms with E-state index in [1.807, 2.05) is 41.1 Å². The minimum atomic E-state index is -6.16. The van der Waals surface area contributed by atoms with Crippen molar-refractivity contribution in [3.8, 4) is 11.1 Å². The van der Waals surface area contributed by atoms with Crippen molar-refractivity contribution in [1.29, 1.82) is 0 Å². The number of aliphatic hydroxyl groups excluding tert-OH is 1. The van der Waals surface area contributed by atoms with Crippen molar-refractivity contribution >= 4 is 68.3 Å². The largest absolute Gasteiger partial charge is 0.501 e. The van der Waals surface area contributed by atoms with Crippen LogP contribution in [0.1, 0.15) is 41.3 Å². The molecule has 5 aromatic rings. The van der Waals surface area contributed by atoms with E-state index < -0.39 is 66.7 Å². The number of phosphoric ester groups is 1. The molecule has 0 aliphatic carbocycles. The van der Waals surface area contributed by atoms with E-state index in [0.29, 0.717) is 37.0 Å². The van der Waals surface area contributed by atoms with Gasteiger partial charge in [0.05, 0.1) is 23.3 Å². The molecule has 0 radical (unpaired) electrons. The van der Waals surface area contributed by atoms with Crippen LogP contribution < -0.4 is 14.9 Å². The molecule has 67 heavy (non-hydrogen) atoms. The molecule has 0 saturated carbocycles. The smallest absolute Gasteiger partial charge is 0.388 e. The average Bonchev–Trinajstić information content (AvgIpc) is 3.29. The van der Waals surface area contributed by atoms with Crippen molar-refractivity contribution < 1.29 is 58.8 Å². The van der Waals surface area contributed by atoms with Crippen molar-refractivity contribution in [1.82, 2.24) is 9.62 Å². The van der Waals surface area contributed by atoms with Crippen LogP contribution >= 0.6 is 31.2 Å². The summed E-state index contributed by atoms with van der Waals surface area (Å²) in [5.74, 6) is -0.941. The maximum atomic E-state index is 14.2. The zero-order chi connectivity index (χ0) is 48.6. The minimum Gasteiger partial charge on any atom is -0.388 e. The Balaban J connectivity index is 1.13. The van der Waals surface area contributed by atoms with Crippen molar-refractivity contribution in [2.24, 2.45) is 5.92 Å². The molecule has 1 fully saturated rings. The highest BCUT2D eigenvalue weighted by molar-refractivity contribution is 7.99. The Bertz CT molecular complexity index is 2750. The number of hydrogen-bond acceptors (Lipinski definition) is 12. The first-order chi connectivity index (χ1) is 31.6. The van der Waals surface area contributed by atoms with Crippen LogP contribution in [0, 0.1) is 5.92 Å². The molecule has 14 nitrogen and oxygen atoms in total. The first kappa shape index (κ1) is 51.9. The second kappa shape index (κ2) is 22.3. The lowest BCUT2D eigenvalue weighted by atomic mass is 9.84. The highest BCUT2D eigenvalue weighted by Crippen LogP contribution is 2.39. The van der Waals surface area contributed by atoms with Gasteiger partial charge in [0.25, 0.3) is 25.8 Å². The molecular weight excluding hydrogens is 976 g/mol. The Kier molecular flexibility index (Phi) is 17.3. The third-order valence-corrected chi connectivity index (χ3v) is 15.9. The number of hydrogen-bond donors (Lipinski definition) is 5. The van der Waals surface area contributed by atoms with Gasteiger partial charge in [-0.3, -0.25) is 9.32 Å². The number of piperidine rings is 1. The van der Waals surface area contributed by atoms with E-state index in [1.165, 1.54) is 23.9 Å². The van der Waals surface area contributed by atoms with Crippen LogP contribution in [0.4, 0.5) is 24.5 Å². The molecule has 1 amide bonds. The number of phosphoric acid groups is 1. The van der Waals surface area contributed by atoms with Crippen LogP contribution in [0.25, 0.3) is 11.1 Å². The molecule has 5 N–H and O–H groups in total. The molecule has 0 aromatic heterocycles. The summed E-state index contributed by atoms with van der Waals surface area (Å²) in [5, 5.41) is 15.0. The summed E-state index contributed by atoms with van der Waals surface area (Å²) in [5.41, 5.74) is -3.06. The van der Waals surface area contributed by atoms with E-state index in [-0.39, 0.29) is 43.4 Å². The number of alkyl halides is 3. The maximum Gasteiger partial charge on any atom is 0.501 e. The fourth-order valence-corrected chi connectivity index (χ4v) is 11.0. The molecule has 2 atom stereocenters. The fourth-order valence-electron chi connectivity index (χ4n) is 7.51. The molecule has 1 saturated heterocycles. The molecule has 1 unspecified atom stereocenters. The van der Waals surface area contributed by atoms with Gasteiger partial charge in [-0.2, -0.15) is 13.2 Å². The van der Waals surface area contributed by atoms with Gasteiger partial charge in [0, 0.05) is 52.6 Å². The number of halogens is 4. The van der Waals surface area contributed by atoms with E-state index in [2.05, 4.69) is 14.7 Å². The van der Waals surface area contributed by atoms with Gasteiger partial charge in [-0.25, -0.2) is 26.1 Å². The Morgan fingerprint density at radius 2 is 1.55 bits per heavy atom. The number of amides is 1. The molecule has 0 spiro atoms. The second-order valence-electron chi connectivity index (χ2n) is 15.8. The fraction of sp³-hybridized carbons (Fsp3) is 0.311. The SMILES string of the molecule is CN(CCOP(=O)(O)O)CC[C@@H](CSc1ccccc1)Nc1ccc(S(=O)(=O)NC(=O)c2ccc(N3CCC(C(O)c4ccccc4-c4ccc(Cl)cc4)CC3)cc2)cc1S(=O)(=O)C(F)(F)F. The monoisotopic (exact) mass is 1020 g/mol. The molecule has 6 rings (SSSR count). The number of thioether (sulfide) groups is 1. The first-order valence-electron chi connectivity index (χ1n) is 20.8. The zero-order valence-electron chi connectivity index (χ0n) is 35.9. The Morgan fingerprint density at radius 1 is 0.910 bits per heavy atom. The number of aliphatic hydroxyl groups is 1. The summed E-state index contributed by atoms with van der Waals surface area (Å²) in [6.07, 6.45) is 0.773. The summed E-state index contributed by atoms with van der Waals surface area (Å²) in [7, 11) is -14.2. The van der Waals surface area contributed by atoms with Gasteiger partial charge >= 0.3 is 13.3 Å². The van der Waals surface area contributed by atoms with Crippen molar-refractivity contribution in [3.63, 3.8) is 0 Å². The summed E-state index contributed by atoms with van der Waals surface area (Å²) in [4.78, 5) is 33.5. The van der Waals surface area contributed by atoms with E-state index in [1.54, 1.807) is 66.5 Å². The number of rotatable bonds is 20. The van der Waals surface area contributed by atoms with Gasteiger partial charge in [-0.15, -0.1) is 11.8 Å². The standard InChI is InChI=1S/C45H49ClF3N4O10PS3/c1-52(27-28-63-64(56,57)58)24-23-35(30-65-37-7-3-2-4-8-37)50-41-20-19-38(29-42(41)66(59,60)45(47,48)49)67(61,62)51-44(55)33-13-17-36(18-14-33)53-25-21-32(22-26-53)43(54)40-10-6-5-9-39(40)31-11-15-34(46)16-12-31/h2-20,29,32,35,43,50,54H,21-28,30H2,1H3,(H,51,55)(H2,56,57,58)/t35-,43?/m0/s1. The molecule has 1 heterocycles. The Hall–Kier alpha value is -4.47. The van der Waals surface area contributed by atoms with Crippen molar-refractivity contribution in [2.75, 3.05) is 55.8 Å². The number of likely N-dealkylation sites (N-methyl/N-ethyl adjacent to an activating group) is 1. The minimum absolute atomic E-state index is 0.0407. The van der Waals surface area contributed by atoms with Crippen LogP contribution in [0.15, 0.2) is 136 Å². The van der Waals surface area contributed by atoms with Gasteiger partial charge < -0.3 is 30.0 Å². The van der Waals surface area contributed by atoms with Crippen LogP contribution in [0.5, 0.6) is 0 Å². The van der Waals surface area contributed by atoms with E-state index in [0.717, 1.165) is 39.4 Å². The Morgan fingerprint density at radius 3 is 2.19 bits per heavy atom. The highest BCUT2D eigenvalue weighted by atomic mass is 35.5. The van der Waals surface area contributed by atoms with Crippen LogP contribution in [0.2, 0.25) is 5.02 Å². The number of benzene rings is 5. The first-order valence-corrected chi connectivity index (χ1v) is 26.7. The number of nitrogens with one attached hydrogen (secondary N) is 2. The maximum absolute atomic E-state index is 14.2. The molecule has 1 aliphatic rings. The summed E-state index contributed by atoms with van der Waals surface area (Å²) < 4.78 is 113. The highest BCUT2D eigenvalue weighted by Gasteiger charge is 2.48. The zero-order valence-corrected chi connectivity index (χ0v) is 40.0. The average molecular weight is 1030 g/mol. The number of carbonyl (C=O) groups excluding carboxylic acids is 1. The lowest BCUT2D eigenvalue weighted by Crippen LogP contribution is -2.36. The topological polar surface area (TPSA) is 203 Å². The molecule has 360 valence electrons. The van der Waals surface area contributed by atoms with E-state index >= 15 is 0 Å². The number of sulfone groups is 1. The number of sulfonamides is 1. The quantitative estimate of drug-likeness (QED) is 0.0368. The lowest BCUT2D eigenvalue weighted by molar-refractivity contribution is -0.0436. The van der Waals surface area contributed by atoms with Crippen LogP contribution in [-0.2, 0) is 28.9 Å². The lowest BCUT2D eigenvalue weighted by Gasteiger charge is -2.36. The van der Waals surface area contributed by atoms with Crippen LogP contribution in [-0.4, -0.2) is 99.7 Å². The molecule has 22 heteroatoms. The molecule has 1 aliphatic heterocycles. The van der Waals surface area contributed by atoms with Gasteiger partial charge in [0.1, 0.15) is 4.90 Å². The third-order valence-electron chi connectivity index (χ3n) is 11.1. The molecule has 0 bridgehead atoms. The van der Waals surface area contributed by atoms with Crippen molar-refractivity contribution in [2.45, 2.75) is 51.6 Å². The van der Waals surface area contributed by atoms with E-state index in [9.17, 15) is 44.5 Å². The molecular formula is C45H49ClF3N4O10PS3. The van der Waals surface area contributed by atoms with Gasteiger partial charge in [-0.05, 0) is 122 Å². The summed E-state index contributed by atoms with van der Waals surface area (Å²) >= 11 is 7.41.